The molecule has 1 aromatic rings. The normalized spacial score (nSPS) is 46.8. The van der Waals surface area contributed by atoms with Crippen LogP contribution in [0.3, 0.4) is 0 Å². The standard InChI is InChI=1S/C40H54O6/c1-24-13-19-39-22-21-38(7)37(6)18-14-29-35(3,4)31(45-32(42)12-10-26-9-11-27(41)28(23-26)44-8)16-17-36(29,5)30(37)15-20-40(38,46-34(39)43)33(39)25(24)2/h9-12,15,20,23-25,29-31,33,41H,13-14,16-19,21-22H2,1-8H3. The van der Waals surface area contributed by atoms with Crippen molar-refractivity contribution >= 4 is 18.0 Å². The third kappa shape index (κ3) is 3.88. The number of rotatable bonds is 4. The fourth-order valence-electron chi connectivity index (χ4n) is 12.8. The molecule has 6 aliphatic rings. The van der Waals surface area contributed by atoms with Gasteiger partial charge in [-0.3, -0.25) is 4.79 Å². The Morgan fingerprint density at radius 3 is 2.50 bits per heavy atom. The van der Waals surface area contributed by atoms with Gasteiger partial charge in [0, 0.05) is 22.8 Å². The molecule has 6 nitrogen and oxygen atoms in total. The maximum absolute atomic E-state index is 13.9. The lowest BCUT2D eigenvalue weighted by Crippen LogP contribution is -2.71. The van der Waals surface area contributed by atoms with Gasteiger partial charge in [0.2, 0.25) is 0 Å². The van der Waals surface area contributed by atoms with E-state index < -0.39 is 5.60 Å². The molecule has 6 heteroatoms. The molecule has 0 radical (unpaired) electrons. The molecule has 1 saturated heterocycles. The van der Waals surface area contributed by atoms with Gasteiger partial charge in [0.1, 0.15) is 11.7 Å². The molecule has 250 valence electrons. The van der Waals surface area contributed by atoms with Crippen molar-refractivity contribution in [1.29, 1.82) is 0 Å². The number of ether oxygens (including phenoxy) is 3. The Balaban J connectivity index is 1.16. The minimum atomic E-state index is -0.527. The third-order valence-corrected chi connectivity index (χ3v) is 15.6. The zero-order chi connectivity index (χ0) is 33.1. The number of benzene rings is 1. The smallest absolute Gasteiger partial charge is 0.331 e. The summed E-state index contributed by atoms with van der Waals surface area (Å²) >= 11 is 0. The van der Waals surface area contributed by atoms with Gasteiger partial charge in [-0.2, -0.15) is 0 Å². The van der Waals surface area contributed by atoms with Crippen LogP contribution in [0, 0.1) is 56.7 Å². The number of methoxy groups -OCH3 is 1. The van der Waals surface area contributed by atoms with Crippen molar-refractivity contribution in [3.05, 3.63) is 42.0 Å². The summed E-state index contributed by atoms with van der Waals surface area (Å²) in [5.41, 5.74) is -0.367. The number of carbonyl (C=O) groups excluding carboxylic acids is 2. The summed E-state index contributed by atoms with van der Waals surface area (Å²) in [6, 6.07) is 5.00. The van der Waals surface area contributed by atoms with Crippen molar-refractivity contribution in [2.24, 2.45) is 56.7 Å². The van der Waals surface area contributed by atoms with Crippen LogP contribution in [0.5, 0.6) is 11.5 Å². The fraction of sp³-hybridized carbons (Fsp3) is 0.700. The van der Waals surface area contributed by atoms with Crippen LogP contribution >= 0.6 is 0 Å². The highest BCUT2D eigenvalue weighted by atomic mass is 16.6. The largest absolute Gasteiger partial charge is 0.504 e. The Labute approximate surface area is 275 Å². The van der Waals surface area contributed by atoms with Gasteiger partial charge in [-0.25, -0.2) is 4.79 Å². The summed E-state index contributed by atoms with van der Waals surface area (Å²) in [7, 11) is 1.51. The molecule has 7 rings (SSSR count). The first kappa shape index (κ1) is 31.8. The fourth-order valence-corrected chi connectivity index (χ4v) is 12.8. The predicted molar refractivity (Wildman–Crippen MR) is 178 cm³/mol. The van der Waals surface area contributed by atoms with E-state index in [-0.39, 0.29) is 56.8 Å². The van der Waals surface area contributed by atoms with Crippen LogP contribution in [0.25, 0.3) is 6.08 Å². The van der Waals surface area contributed by atoms with E-state index in [0.717, 1.165) is 56.9 Å². The van der Waals surface area contributed by atoms with Gasteiger partial charge >= 0.3 is 11.9 Å². The highest BCUT2D eigenvalue weighted by Gasteiger charge is 2.80. The van der Waals surface area contributed by atoms with Crippen LogP contribution in [-0.2, 0) is 19.1 Å². The van der Waals surface area contributed by atoms with E-state index >= 15 is 0 Å². The molecule has 4 saturated carbocycles. The van der Waals surface area contributed by atoms with Gasteiger partial charge in [0.05, 0.1) is 12.5 Å². The lowest BCUT2D eigenvalue weighted by atomic mass is 9.32. The topological polar surface area (TPSA) is 82.1 Å². The first-order chi connectivity index (χ1) is 21.6. The van der Waals surface area contributed by atoms with Crippen molar-refractivity contribution in [2.45, 2.75) is 112 Å². The van der Waals surface area contributed by atoms with Crippen molar-refractivity contribution in [3.63, 3.8) is 0 Å². The van der Waals surface area contributed by atoms with Crippen LogP contribution in [-0.4, -0.2) is 35.9 Å². The second-order valence-corrected chi connectivity index (χ2v) is 17.4. The van der Waals surface area contributed by atoms with Crippen molar-refractivity contribution in [2.75, 3.05) is 7.11 Å². The summed E-state index contributed by atoms with van der Waals surface area (Å²) in [6.07, 6.45) is 16.0. The number of phenols is 1. The minimum Gasteiger partial charge on any atom is -0.504 e. The Morgan fingerprint density at radius 2 is 1.76 bits per heavy atom. The summed E-state index contributed by atoms with van der Waals surface area (Å²) in [5.74, 6) is 2.20. The molecule has 46 heavy (non-hydrogen) atoms. The van der Waals surface area contributed by atoms with E-state index in [2.05, 4.69) is 60.6 Å². The first-order valence-corrected chi connectivity index (χ1v) is 17.8. The number of esters is 2. The summed E-state index contributed by atoms with van der Waals surface area (Å²) in [6.45, 7) is 16.9. The molecule has 1 aromatic carbocycles. The third-order valence-electron chi connectivity index (χ3n) is 15.6. The summed E-state index contributed by atoms with van der Waals surface area (Å²) < 4.78 is 18.2. The Morgan fingerprint density at radius 1 is 1.00 bits per heavy atom. The maximum atomic E-state index is 13.9. The monoisotopic (exact) mass is 630 g/mol. The molecule has 5 aliphatic carbocycles. The lowest BCUT2D eigenvalue weighted by Gasteiger charge is -2.72. The van der Waals surface area contributed by atoms with Crippen molar-refractivity contribution in [1.82, 2.24) is 0 Å². The van der Waals surface area contributed by atoms with Crippen molar-refractivity contribution < 1.29 is 28.9 Å². The van der Waals surface area contributed by atoms with Gasteiger partial charge < -0.3 is 19.3 Å². The molecular weight excluding hydrogens is 576 g/mol. The average molecular weight is 631 g/mol. The number of phenolic OH excluding ortho intramolecular Hbond substituents is 1. The van der Waals surface area contributed by atoms with Gasteiger partial charge in [-0.05, 0) is 116 Å². The summed E-state index contributed by atoms with van der Waals surface area (Å²) in [4.78, 5) is 27.0. The first-order valence-electron chi connectivity index (χ1n) is 17.8. The predicted octanol–water partition coefficient (Wildman–Crippen LogP) is 8.52. The molecule has 11 unspecified atom stereocenters. The molecule has 11 atom stereocenters. The van der Waals surface area contributed by atoms with E-state index in [9.17, 15) is 14.7 Å². The van der Waals surface area contributed by atoms with Crippen molar-refractivity contribution in [3.8, 4) is 11.5 Å². The quantitative estimate of drug-likeness (QED) is 0.204. The van der Waals surface area contributed by atoms with E-state index in [4.69, 9.17) is 14.2 Å². The molecule has 0 aromatic heterocycles. The maximum Gasteiger partial charge on any atom is 0.331 e. The Bertz CT molecular complexity index is 1510. The Kier molecular flexibility index (Phi) is 7.00. The zero-order valence-corrected chi connectivity index (χ0v) is 29.2. The van der Waals surface area contributed by atoms with E-state index in [1.807, 2.05) is 0 Å². The van der Waals surface area contributed by atoms with Crippen LogP contribution in [0.4, 0.5) is 0 Å². The number of fused-ring (bicyclic) bond motifs is 4. The lowest BCUT2D eigenvalue weighted by molar-refractivity contribution is -0.247. The van der Waals surface area contributed by atoms with Gasteiger partial charge in [0.15, 0.2) is 11.5 Å². The zero-order valence-electron chi connectivity index (χ0n) is 29.2. The molecule has 1 spiro atoms. The number of hydrogen-bond donors (Lipinski definition) is 1. The van der Waals surface area contributed by atoms with E-state index in [1.165, 1.54) is 13.2 Å². The van der Waals surface area contributed by atoms with Crippen LogP contribution in [0.15, 0.2) is 36.4 Å². The summed E-state index contributed by atoms with van der Waals surface area (Å²) in [5, 5.41) is 9.90. The molecule has 1 N–H and O–H groups in total. The molecular formula is C40H54O6. The molecule has 5 fully saturated rings. The van der Waals surface area contributed by atoms with Gasteiger partial charge in [-0.1, -0.05) is 60.6 Å². The minimum absolute atomic E-state index is 0.00229. The molecule has 1 heterocycles. The number of allylic oxidation sites excluding steroid dienone is 1. The number of aromatic hydroxyl groups is 1. The van der Waals surface area contributed by atoms with E-state index in [0.29, 0.717) is 29.4 Å². The average Bonchev–Trinajstić information content (AvgIpc) is 3.21. The molecule has 1 aliphatic heterocycles. The second kappa shape index (κ2) is 10.1. The number of hydrogen-bond acceptors (Lipinski definition) is 6. The number of carbonyl (C=O) groups is 2. The van der Waals surface area contributed by atoms with Crippen LogP contribution in [0.2, 0.25) is 0 Å². The highest BCUT2D eigenvalue weighted by Crippen LogP contribution is 2.79. The van der Waals surface area contributed by atoms with Crippen LogP contribution in [0.1, 0.15) is 105 Å². The van der Waals surface area contributed by atoms with Gasteiger partial charge in [-0.15, -0.1) is 0 Å². The molecule has 2 bridgehead atoms. The second-order valence-electron chi connectivity index (χ2n) is 17.4. The van der Waals surface area contributed by atoms with E-state index in [1.54, 1.807) is 24.3 Å². The van der Waals surface area contributed by atoms with Crippen LogP contribution < -0.4 is 4.74 Å². The Hall–Kier alpha value is -2.76. The highest BCUT2D eigenvalue weighted by molar-refractivity contribution is 5.87. The molecule has 0 amide bonds. The SMILES string of the molecule is COc1cc(C=CC(=O)OC2CCC3(C)C(CCC4(C)C3C=CC35OC(=O)C6(CCC(C)C(C)C63)CCC45C)C2(C)C)ccc1O. The van der Waals surface area contributed by atoms with Gasteiger partial charge in [0.25, 0.3) is 0 Å².